The second-order valence-electron chi connectivity index (χ2n) is 5.87. The highest BCUT2D eigenvalue weighted by Gasteiger charge is 2.34. The van der Waals surface area contributed by atoms with E-state index in [2.05, 4.69) is 10.2 Å². The molecule has 2 aliphatic rings. The van der Waals surface area contributed by atoms with E-state index in [9.17, 15) is 8.42 Å². The molecule has 0 amide bonds. The first kappa shape index (κ1) is 16.8. The van der Waals surface area contributed by atoms with E-state index in [4.69, 9.17) is 13.9 Å². The van der Waals surface area contributed by atoms with Crippen molar-refractivity contribution in [3.8, 4) is 0 Å². The van der Waals surface area contributed by atoms with Gasteiger partial charge in [-0.15, -0.1) is 10.2 Å². The molecule has 0 aromatic carbocycles. The molecule has 8 nitrogen and oxygen atoms in total. The summed E-state index contributed by atoms with van der Waals surface area (Å²) in [5, 5.41) is 7.86. The fourth-order valence-electron chi connectivity index (χ4n) is 2.85. The van der Waals surface area contributed by atoms with Crippen LogP contribution in [0, 0.1) is 0 Å². The first-order valence-electron chi connectivity index (χ1n) is 8.12. The van der Waals surface area contributed by atoms with Crippen LogP contribution in [0.3, 0.4) is 0 Å². The van der Waals surface area contributed by atoms with Gasteiger partial charge in [0.2, 0.25) is 21.8 Å². The van der Waals surface area contributed by atoms with Crippen LogP contribution in [0.2, 0.25) is 0 Å². The van der Waals surface area contributed by atoms with Gasteiger partial charge in [0, 0.05) is 26.1 Å². The predicted molar refractivity (Wildman–Crippen MR) is 81.3 cm³/mol. The SMILES string of the molecule is CCc1nnc(C2CN(S(=O)(=O)CC3CCCCO3)CCO2)o1. The van der Waals surface area contributed by atoms with Crippen molar-refractivity contribution in [1.82, 2.24) is 14.5 Å². The fraction of sp³-hybridized carbons (Fsp3) is 0.857. The normalized spacial score (nSPS) is 27.2. The van der Waals surface area contributed by atoms with Crippen molar-refractivity contribution in [3.05, 3.63) is 11.8 Å². The van der Waals surface area contributed by atoms with E-state index in [1.807, 2.05) is 6.92 Å². The average molecular weight is 345 g/mol. The van der Waals surface area contributed by atoms with E-state index in [0.717, 1.165) is 19.3 Å². The number of rotatable bonds is 5. The monoisotopic (exact) mass is 345 g/mol. The molecule has 23 heavy (non-hydrogen) atoms. The van der Waals surface area contributed by atoms with Crippen LogP contribution in [0.5, 0.6) is 0 Å². The zero-order valence-corrected chi connectivity index (χ0v) is 14.1. The quantitative estimate of drug-likeness (QED) is 0.782. The van der Waals surface area contributed by atoms with Crippen molar-refractivity contribution < 1.29 is 22.3 Å². The lowest BCUT2D eigenvalue weighted by molar-refractivity contribution is -0.0188. The number of ether oxygens (including phenoxy) is 2. The van der Waals surface area contributed by atoms with Crippen LogP contribution in [-0.2, 0) is 25.9 Å². The van der Waals surface area contributed by atoms with Crippen molar-refractivity contribution in [2.75, 3.05) is 32.1 Å². The minimum Gasteiger partial charge on any atom is -0.422 e. The average Bonchev–Trinajstić information content (AvgIpc) is 3.05. The summed E-state index contributed by atoms with van der Waals surface area (Å²) in [5.74, 6) is 0.902. The van der Waals surface area contributed by atoms with Gasteiger partial charge in [-0.25, -0.2) is 8.42 Å². The first-order chi connectivity index (χ1) is 11.1. The topological polar surface area (TPSA) is 94.8 Å². The summed E-state index contributed by atoms with van der Waals surface area (Å²) in [6, 6.07) is 0. The molecule has 9 heteroatoms. The third kappa shape index (κ3) is 4.09. The molecule has 3 rings (SSSR count). The van der Waals surface area contributed by atoms with E-state index >= 15 is 0 Å². The lowest BCUT2D eigenvalue weighted by atomic mass is 10.1. The molecule has 3 heterocycles. The second kappa shape index (κ2) is 7.25. The van der Waals surface area contributed by atoms with Gasteiger partial charge in [0.1, 0.15) is 6.10 Å². The molecular formula is C14H23N3O5S. The Bertz CT molecular complexity index is 612. The highest BCUT2D eigenvalue weighted by molar-refractivity contribution is 7.89. The molecule has 0 bridgehead atoms. The molecule has 130 valence electrons. The summed E-state index contributed by atoms with van der Waals surface area (Å²) in [6.07, 6.45) is 2.77. The third-order valence-corrected chi connectivity index (χ3v) is 6.06. The summed E-state index contributed by atoms with van der Waals surface area (Å²) in [4.78, 5) is 0. The van der Waals surface area contributed by atoms with Crippen LogP contribution in [0.25, 0.3) is 0 Å². The highest BCUT2D eigenvalue weighted by atomic mass is 32.2. The maximum atomic E-state index is 12.6. The Morgan fingerprint density at radius 3 is 2.78 bits per heavy atom. The summed E-state index contributed by atoms with van der Waals surface area (Å²) in [5.41, 5.74) is 0. The van der Waals surface area contributed by atoms with E-state index in [0.29, 0.717) is 38.0 Å². The van der Waals surface area contributed by atoms with Gasteiger partial charge >= 0.3 is 0 Å². The second-order valence-corrected chi connectivity index (χ2v) is 7.89. The van der Waals surface area contributed by atoms with Crippen LogP contribution in [-0.4, -0.2) is 61.1 Å². The predicted octanol–water partition coefficient (Wildman–Crippen LogP) is 0.904. The molecule has 2 atom stereocenters. The number of hydrogen-bond acceptors (Lipinski definition) is 7. The van der Waals surface area contributed by atoms with Crippen molar-refractivity contribution in [3.63, 3.8) is 0 Å². The Morgan fingerprint density at radius 2 is 2.09 bits per heavy atom. The molecule has 0 aliphatic carbocycles. The minimum atomic E-state index is -3.38. The molecule has 2 saturated heterocycles. The van der Waals surface area contributed by atoms with E-state index in [-0.39, 0.29) is 18.4 Å². The van der Waals surface area contributed by atoms with Gasteiger partial charge in [-0.3, -0.25) is 0 Å². The van der Waals surface area contributed by atoms with Crippen molar-refractivity contribution in [2.45, 2.75) is 44.8 Å². The Labute approximate surface area is 136 Å². The smallest absolute Gasteiger partial charge is 0.246 e. The number of nitrogens with zero attached hydrogens (tertiary/aromatic N) is 3. The van der Waals surface area contributed by atoms with Gasteiger partial charge < -0.3 is 13.9 Å². The molecule has 0 radical (unpaired) electrons. The minimum absolute atomic E-state index is 0.0315. The number of sulfonamides is 1. The zero-order chi connectivity index (χ0) is 16.3. The van der Waals surface area contributed by atoms with Crippen LogP contribution in [0.1, 0.15) is 44.1 Å². The molecule has 0 N–H and O–H groups in total. The molecule has 0 saturated carbocycles. The standard InChI is InChI=1S/C14H23N3O5S/c1-2-13-15-16-14(22-13)12-9-17(6-8-21-12)23(18,19)10-11-5-3-4-7-20-11/h11-12H,2-10H2,1H3. The number of hydrogen-bond donors (Lipinski definition) is 0. The third-order valence-electron chi connectivity index (χ3n) is 4.15. The maximum Gasteiger partial charge on any atom is 0.246 e. The largest absolute Gasteiger partial charge is 0.422 e. The Kier molecular flexibility index (Phi) is 5.30. The van der Waals surface area contributed by atoms with Crippen LogP contribution < -0.4 is 0 Å². The molecule has 0 spiro atoms. The number of aromatic nitrogens is 2. The van der Waals surface area contributed by atoms with E-state index < -0.39 is 16.1 Å². The number of morpholine rings is 1. The summed E-state index contributed by atoms with van der Waals surface area (Å²) in [6.45, 7) is 3.44. The van der Waals surface area contributed by atoms with Gasteiger partial charge in [0.05, 0.1) is 18.5 Å². The van der Waals surface area contributed by atoms with Crippen molar-refractivity contribution >= 4 is 10.0 Å². The van der Waals surface area contributed by atoms with Crippen LogP contribution in [0.4, 0.5) is 0 Å². The lowest BCUT2D eigenvalue weighted by Gasteiger charge is -2.32. The molecule has 2 fully saturated rings. The fourth-order valence-corrected chi connectivity index (χ4v) is 4.51. The Morgan fingerprint density at radius 1 is 1.22 bits per heavy atom. The maximum absolute atomic E-state index is 12.6. The van der Waals surface area contributed by atoms with Crippen molar-refractivity contribution in [2.24, 2.45) is 0 Å². The molecule has 2 aliphatic heterocycles. The Balaban J connectivity index is 1.64. The molecule has 1 aromatic heterocycles. The van der Waals surface area contributed by atoms with E-state index in [1.165, 1.54) is 4.31 Å². The first-order valence-corrected chi connectivity index (χ1v) is 9.72. The zero-order valence-electron chi connectivity index (χ0n) is 13.3. The van der Waals surface area contributed by atoms with Gasteiger partial charge in [0.25, 0.3) is 0 Å². The summed E-state index contributed by atoms with van der Waals surface area (Å²) in [7, 11) is -3.38. The van der Waals surface area contributed by atoms with Gasteiger partial charge in [-0.1, -0.05) is 6.92 Å². The van der Waals surface area contributed by atoms with Crippen LogP contribution in [0.15, 0.2) is 4.42 Å². The van der Waals surface area contributed by atoms with Gasteiger partial charge in [-0.2, -0.15) is 4.31 Å². The van der Waals surface area contributed by atoms with Gasteiger partial charge in [-0.05, 0) is 19.3 Å². The lowest BCUT2D eigenvalue weighted by Crippen LogP contribution is -2.45. The molecular weight excluding hydrogens is 322 g/mol. The summed E-state index contributed by atoms with van der Waals surface area (Å²) >= 11 is 0. The Hall–Kier alpha value is -1.03. The number of aryl methyl sites for hydroxylation is 1. The van der Waals surface area contributed by atoms with Crippen molar-refractivity contribution in [1.29, 1.82) is 0 Å². The van der Waals surface area contributed by atoms with E-state index in [1.54, 1.807) is 0 Å². The molecule has 2 unspecified atom stereocenters. The van der Waals surface area contributed by atoms with Crippen LogP contribution >= 0.6 is 0 Å². The van der Waals surface area contributed by atoms with Gasteiger partial charge in [0.15, 0.2) is 0 Å². The molecule has 1 aromatic rings. The summed E-state index contributed by atoms with van der Waals surface area (Å²) < 4.78 is 43.3. The highest BCUT2D eigenvalue weighted by Crippen LogP contribution is 2.24.